The van der Waals surface area contributed by atoms with E-state index in [4.69, 9.17) is 13.9 Å². The topological polar surface area (TPSA) is 88.1 Å². The Balaban J connectivity index is 1.32. The van der Waals surface area contributed by atoms with E-state index in [0.29, 0.717) is 17.5 Å². The van der Waals surface area contributed by atoms with E-state index >= 15 is 0 Å². The summed E-state index contributed by atoms with van der Waals surface area (Å²) in [6, 6.07) is 11.6. The molecule has 0 spiro atoms. The van der Waals surface area contributed by atoms with Gasteiger partial charge in [-0.1, -0.05) is 17.8 Å². The molecule has 1 aromatic carbocycles. The van der Waals surface area contributed by atoms with Gasteiger partial charge in [-0.05, 0) is 48.6 Å². The molecular weight excluding hydrogens is 434 g/mol. The van der Waals surface area contributed by atoms with Crippen molar-refractivity contribution in [3.8, 4) is 27.9 Å². The van der Waals surface area contributed by atoms with Crippen molar-refractivity contribution >= 4 is 23.1 Å². The first-order valence-corrected chi connectivity index (χ1v) is 11.8. The highest BCUT2D eigenvalue weighted by atomic mass is 32.2. The maximum absolute atomic E-state index is 5.85. The normalized spacial score (nSPS) is 16.1. The molecule has 1 aliphatic rings. The fourth-order valence-corrected chi connectivity index (χ4v) is 4.93. The fourth-order valence-electron chi connectivity index (χ4n) is 3.43. The van der Waals surface area contributed by atoms with Crippen LogP contribution in [0.25, 0.3) is 22.2 Å². The van der Waals surface area contributed by atoms with Gasteiger partial charge in [0.2, 0.25) is 11.8 Å². The van der Waals surface area contributed by atoms with Crippen molar-refractivity contribution in [3.63, 3.8) is 0 Å². The average Bonchev–Trinajstić information content (AvgIpc) is 3.61. The quantitative estimate of drug-likeness (QED) is 0.358. The van der Waals surface area contributed by atoms with Gasteiger partial charge in [-0.2, -0.15) is 0 Å². The maximum Gasteiger partial charge on any atom is 0.247 e. The van der Waals surface area contributed by atoms with Gasteiger partial charge in [-0.3, -0.25) is 4.57 Å². The Bertz CT molecular complexity index is 1120. The number of hydrogen-bond acceptors (Lipinski definition) is 9. The van der Waals surface area contributed by atoms with E-state index in [-0.39, 0.29) is 6.10 Å². The number of hydrogen-bond donors (Lipinski definition) is 0. The maximum atomic E-state index is 5.85. The average molecular weight is 456 g/mol. The molecule has 0 radical (unpaired) electrons. The highest BCUT2D eigenvalue weighted by Gasteiger charge is 2.22. The molecule has 0 unspecified atom stereocenters. The molecule has 4 heterocycles. The third-order valence-electron chi connectivity index (χ3n) is 5.00. The van der Waals surface area contributed by atoms with Crippen molar-refractivity contribution in [2.45, 2.75) is 36.4 Å². The van der Waals surface area contributed by atoms with Crippen LogP contribution < -0.4 is 4.74 Å². The molecule has 5 rings (SSSR count). The lowest BCUT2D eigenvalue weighted by atomic mass is 10.2. The van der Waals surface area contributed by atoms with Crippen molar-refractivity contribution in [1.82, 2.24) is 25.0 Å². The molecule has 8 nitrogen and oxygen atoms in total. The van der Waals surface area contributed by atoms with Crippen LogP contribution in [0, 0.1) is 0 Å². The van der Waals surface area contributed by atoms with Gasteiger partial charge in [0.15, 0.2) is 11.0 Å². The van der Waals surface area contributed by atoms with Crippen LogP contribution in [0.5, 0.6) is 5.75 Å². The first-order valence-electron chi connectivity index (χ1n) is 9.98. The summed E-state index contributed by atoms with van der Waals surface area (Å²) in [5.74, 6) is 3.19. The molecule has 0 saturated carbocycles. The molecular formula is C21H21N5O3S2. The lowest BCUT2D eigenvalue weighted by Crippen LogP contribution is -2.16. The monoisotopic (exact) mass is 455 g/mol. The number of ether oxygens (including phenoxy) is 2. The van der Waals surface area contributed by atoms with Crippen molar-refractivity contribution in [3.05, 3.63) is 47.7 Å². The summed E-state index contributed by atoms with van der Waals surface area (Å²) in [4.78, 5) is 1.09. The number of methoxy groups -OCH3 is 1. The molecule has 1 aliphatic heterocycles. The second kappa shape index (κ2) is 9.21. The van der Waals surface area contributed by atoms with Gasteiger partial charge < -0.3 is 13.9 Å². The summed E-state index contributed by atoms with van der Waals surface area (Å²) >= 11 is 3.19. The number of thiophene rings is 1. The van der Waals surface area contributed by atoms with E-state index < -0.39 is 0 Å². The standard InChI is InChI=1S/C21H21N5O3S2/c1-27-15-8-6-14(7-9-15)20-24-22-18(29-20)13-31-21-25-23-19(17-5-3-11-30-17)26(21)12-16-4-2-10-28-16/h3,5-9,11,16H,2,4,10,12-13H2,1H3/t16-/m0/s1. The number of nitrogens with zero attached hydrogens (tertiary/aromatic N) is 5. The zero-order valence-electron chi connectivity index (χ0n) is 16.9. The van der Waals surface area contributed by atoms with Gasteiger partial charge in [-0.25, -0.2) is 0 Å². The lowest BCUT2D eigenvalue weighted by molar-refractivity contribution is 0.0953. The molecule has 0 amide bonds. The first-order chi connectivity index (χ1) is 15.3. The number of thioether (sulfide) groups is 1. The predicted octanol–water partition coefficient (Wildman–Crippen LogP) is 4.54. The van der Waals surface area contributed by atoms with Crippen LogP contribution in [0.3, 0.4) is 0 Å². The zero-order valence-corrected chi connectivity index (χ0v) is 18.6. The van der Waals surface area contributed by atoms with Gasteiger partial charge in [0.1, 0.15) is 5.75 Å². The third-order valence-corrected chi connectivity index (χ3v) is 6.81. The molecule has 31 heavy (non-hydrogen) atoms. The molecule has 160 valence electrons. The molecule has 1 atom stereocenters. The minimum absolute atomic E-state index is 0.194. The molecule has 1 saturated heterocycles. The third kappa shape index (κ3) is 4.51. The Hall–Kier alpha value is -2.69. The van der Waals surface area contributed by atoms with Crippen molar-refractivity contribution < 1.29 is 13.9 Å². The number of rotatable bonds is 8. The van der Waals surface area contributed by atoms with Gasteiger partial charge in [0.05, 0.1) is 30.4 Å². The summed E-state index contributed by atoms with van der Waals surface area (Å²) in [5, 5.41) is 20.1. The van der Waals surface area contributed by atoms with E-state index in [9.17, 15) is 0 Å². The summed E-state index contributed by atoms with van der Waals surface area (Å²) in [6.45, 7) is 1.56. The first kappa shape index (κ1) is 20.2. The van der Waals surface area contributed by atoms with Gasteiger partial charge >= 0.3 is 0 Å². The van der Waals surface area contributed by atoms with Crippen LogP contribution in [-0.2, 0) is 17.0 Å². The Morgan fingerprint density at radius 3 is 2.81 bits per heavy atom. The van der Waals surface area contributed by atoms with E-state index in [1.807, 2.05) is 35.7 Å². The summed E-state index contributed by atoms with van der Waals surface area (Å²) < 4.78 is 19.0. The largest absolute Gasteiger partial charge is 0.497 e. The summed E-state index contributed by atoms with van der Waals surface area (Å²) in [6.07, 6.45) is 2.35. The Labute approximate surface area is 187 Å². The molecule has 1 fully saturated rings. The van der Waals surface area contributed by atoms with Crippen LogP contribution in [-0.4, -0.2) is 44.8 Å². The second-order valence-corrected chi connectivity index (χ2v) is 8.94. The highest BCUT2D eigenvalue weighted by Crippen LogP contribution is 2.31. The Morgan fingerprint density at radius 1 is 1.16 bits per heavy atom. The van der Waals surface area contributed by atoms with Crippen LogP contribution in [0.4, 0.5) is 0 Å². The second-order valence-electron chi connectivity index (χ2n) is 7.05. The fraction of sp³-hybridized carbons (Fsp3) is 0.333. The van der Waals surface area contributed by atoms with Crippen LogP contribution >= 0.6 is 23.1 Å². The van der Waals surface area contributed by atoms with E-state index in [2.05, 4.69) is 31.0 Å². The van der Waals surface area contributed by atoms with Crippen molar-refractivity contribution in [1.29, 1.82) is 0 Å². The molecule has 4 aromatic rings. The summed E-state index contributed by atoms with van der Waals surface area (Å²) in [7, 11) is 1.64. The minimum Gasteiger partial charge on any atom is -0.497 e. The highest BCUT2D eigenvalue weighted by molar-refractivity contribution is 7.98. The SMILES string of the molecule is COc1ccc(-c2nnc(CSc3nnc(-c4cccs4)n3C[C@@H]3CCCO3)o2)cc1. The molecule has 10 heteroatoms. The van der Waals surface area contributed by atoms with Gasteiger partial charge in [0, 0.05) is 12.2 Å². The number of aromatic nitrogens is 5. The van der Waals surface area contributed by atoms with Gasteiger partial charge in [0.25, 0.3) is 0 Å². The van der Waals surface area contributed by atoms with Crippen LogP contribution in [0.2, 0.25) is 0 Å². The molecule has 0 aliphatic carbocycles. The Kier molecular flexibility index (Phi) is 6.01. The van der Waals surface area contributed by atoms with E-state index in [1.54, 1.807) is 18.4 Å². The molecule has 0 N–H and O–H groups in total. The van der Waals surface area contributed by atoms with Crippen molar-refractivity contribution in [2.24, 2.45) is 0 Å². The summed E-state index contributed by atoms with van der Waals surface area (Å²) in [5.41, 5.74) is 0.853. The van der Waals surface area contributed by atoms with Gasteiger partial charge in [-0.15, -0.1) is 31.7 Å². The van der Waals surface area contributed by atoms with E-state index in [0.717, 1.165) is 53.2 Å². The molecule has 0 bridgehead atoms. The zero-order chi connectivity index (χ0) is 21.0. The van der Waals surface area contributed by atoms with Crippen LogP contribution in [0.15, 0.2) is 51.4 Å². The molecule has 3 aromatic heterocycles. The Morgan fingerprint density at radius 2 is 2.06 bits per heavy atom. The minimum atomic E-state index is 0.194. The lowest BCUT2D eigenvalue weighted by Gasteiger charge is -2.13. The predicted molar refractivity (Wildman–Crippen MR) is 118 cm³/mol. The number of benzene rings is 1. The van der Waals surface area contributed by atoms with E-state index in [1.165, 1.54) is 11.8 Å². The van der Waals surface area contributed by atoms with Crippen molar-refractivity contribution in [2.75, 3.05) is 13.7 Å². The smallest absolute Gasteiger partial charge is 0.247 e. The van der Waals surface area contributed by atoms with Crippen LogP contribution in [0.1, 0.15) is 18.7 Å².